The lowest BCUT2D eigenvalue weighted by molar-refractivity contribution is -0.142. The van der Waals surface area contributed by atoms with Crippen molar-refractivity contribution in [3.63, 3.8) is 0 Å². The summed E-state index contributed by atoms with van der Waals surface area (Å²) in [4.78, 5) is 26.7. The van der Waals surface area contributed by atoms with Gasteiger partial charge in [-0.05, 0) is 19.1 Å². The predicted molar refractivity (Wildman–Crippen MR) is 59.3 cm³/mol. The molecule has 1 heterocycles. The van der Waals surface area contributed by atoms with Crippen LogP contribution in [0.4, 0.5) is 0 Å². The fraction of sp³-hybridized carbons (Fsp3) is 0.417. The van der Waals surface area contributed by atoms with Gasteiger partial charge in [-0.2, -0.15) is 0 Å². The zero-order chi connectivity index (χ0) is 12.3. The van der Waals surface area contributed by atoms with E-state index in [0.717, 1.165) is 5.69 Å². The minimum Gasteiger partial charge on any atom is -0.481 e. The predicted octanol–water partition coefficient (Wildman–Crippen LogP) is 1.93. The third-order valence-electron chi connectivity index (χ3n) is 2.75. The van der Waals surface area contributed by atoms with E-state index in [-0.39, 0.29) is 5.78 Å². The van der Waals surface area contributed by atoms with Crippen molar-refractivity contribution in [3.8, 4) is 0 Å². The van der Waals surface area contributed by atoms with Gasteiger partial charge in [0.2, 0.25) is 0 Å². The second-order valence-corrected chi connectivity index (χ2v) is 3.97. The van der Waals surface area contributed by atoms with Gasteiger partial charge in [-0.1, -0.05) is 13.8 Å². The molecule has 0 aliphatic rings. The summed E-state index contributed by atoms with van der Waals surface area (Å²) in [6.07, 6.45) is 1.49. The molecule has 0 radical (unpaired) electrons. The van der Waals surface area contributed by atoms with Crippen molar-refractivity contribution in [1.29, 1.82) is 0 Å². The standard InChI is InChI=1S/C12H15NO3/c1-7-4-5-10(6-13-7)11(14)8(2)9(3)12(15)16/h4-6,8-9H,1-3H3,(H,15,16). The van der Waals surface area contributed by atoms with E-state index in [2.05, 4.69) is 4.98 Å². The van der Waals surface area contributed by atoms with Crippen LogP contribution in [0, 0.1) is 18.8 Å². The number of hydrogen-bond acceptors (Lipinski definition) is 3. The van der Waals surface area contributed by atoms with E-state index in [0.29, 0.717) is 5.56 Å². The summed E-state index contributed by atoms with van der Waals surface area (Å²) in [6, 6.07) is 3.42. The summed E-state index contributed by atoms with van der Waals surface area (Å²) in [5.74, 6) is -2.36. The van der Waals surface area contributed by atoms with Gasteiger partial charge >= 0.3 is 5.97 Å². The summed E-state index contributed by atoms with van der Waals surface area (Å²) >= 11 is 0. The molecule has 0 aliphatic heterocycles. The van der Waals surface area contributed by atoms with Gasteiger partial charge in [0.25, 0.3) is 0 Å². The highest BCUT2D eigenvalue weighted by molar-refractivity contribution is 5.99. The van der Waals surface area contributed by atoms with Crippen molar-refractivity contribution < 1.29 is 14.7 Å². The Morgan fingerprint density at radius 1 is 1.25 bits per heavy atom. The maximum Gasteiger partial charge on any atom is 0.306 e. The smallest absolute Gasteiger partial charge is 0.306 e. The summed E-state index contributed by atoms with van der Waals surface area (Å²) < 4.78 is 0. The molecule has 2 atom stereocenters. The van der Waals surface area contributed by atoms with E-state index >= 15 is 0 Å². The molecule has 0 aromatic carbocycles. The number of rotatable bonds is 4. The van der Waals surface area contributed by atoms with E-state index < -0.39 is 17.8 Å². The Balaban J connectivity index is 2.86. The molecule has 4 heteroatoms. The minimum atomic E-state index is -0.957. The molecule has 2 unspecified atom stereocenters. The lowest BCUT2D eigenvalue weighted by Gasteiger charge is -2.14. The van der Waals surface area contributed by atoms with E-state index in [1.807, 2.05) is 6.92 Å². The van der Waals surface area contributed by atoms with Crippen molar-refractivity contribution in [1.82, 2.24) is 4.98 Å². The molecule has 4 nitrogen and oxygen atoms in total. The number of aliphatic carboxylic acids is 1. The molecule has 0 saturated carbocycles. The number of Topliss-reactive ketones (excluding diaryl/α,β-unsaturated/α-hetero) is 1. The molecule has 1 aromatic heterocycles. The van der Waals surface area contributed by atoms with Gasteiger partial charge in [-0.25, -0.2) is 0 Å². The Kier molecular flexibility index (Phi) is 3.77. The van der Waals surface area contributed by atoms with Gasteiger partial charge in [0, 0.05) is 23.4 Å². The van der Waals surface area contributed by atoms with Crippen molar-refractivity contribution >= 4 is 11.8 Å². The fourth-order valence-electron chi connectivity index (χ4n) is 1.32. The molecule has 0 spiro atoms. The largest absolute Gasteiger partial charge is 0.481 e. The third kappa shape index (κ3) is 2.66. The van der Waals surface area contributed by atoms with Crippen molar-refractivity contribution in [2.24, 2.45) is 11.8 Å². The van der Waals surface area contributed by atoms with Gasteiger partial charge in [0.15, 0.2) is 5.78 Å². The molecule has 16 heavy (non-hydrogen) atoms. The van der Waals surface area contributed by atoms with E-state index in [4.69, 9.17) is 5.11 Å². The zero-order valence-electron chi connectivity index (χ0n) is 9.60. The second kappa shape index (κ2) is 4.88. The van der Waals surface area contributed by atoms with Crippen LogP contribution in [0.2, 0.25) is 0 Å². The Morgan fingerprint density at radius 2 is 1.88 bits per heavy atom. The van der Waals surface area contributed by atoms with E-state index in [1.54, 1.807) is 19.1 Å². The topological polar surface area (TPSA) is 67.3 Å². The number of hydrogen-bond donors (Lipinski definition) is 1. The zero-order valence-corrected chi connectivity index (χ0v) is 9.60. The maximum absolute atomic E-state index is 11.9. The van der Waals surface area contributed by atoms with Crippen LogP contribution in [0.5, 0.6) is 0 Å². The van der Waals surface area contributed by atoms with Gasteiger partial charge in [0.05, 0.1) is 5.92 Å². The van der Waals surface area contributed by atoms with Crippen molar-refractivity contribution in [3.05, 3.63) is 29.6 Å². The molecule has 0 saturated heterocycles. The molecule has 0 aliphatic carbocycles. The number of aromatic nitrogens is 1. The number of ketones is 1. The van der Waals surface area contributed by atoms with Crippen molar-refractivity contribution in [2.45, 2.75) is 20.8 Å². The summed E-state index contributed by atoms with van der Waals surface area (Å²) in [5.41, 5.74) is 1.29. The molecule has 1 rings (SSSR count). The molecule has 86 valence electrons. The highest BCUT2D eigenvalue weighted by atomic mass is 16.4. The Morgan fingerprint density at radius 3 is 2.31 bits per heavy atom. The Labute approximate surface area is 94.3 Å². The fourth-order valence-corrected chi connectivity index (χ4v) is 1.32. The molecular formula is C12H15NO3. The number of aryl methyl sites for hydroxylation is 1. The molecule has 1 N–H and O–H groups in total. The Bertz CT molecular complexity index is 397. The first-order chi connectivity index (χ1) is 7.43. The quantitative estimate of drug-likeness (QED) is 0.789. The average Bonchev–Trinajstić information content (AvgIpc) is 2.27. The van der Waals surface area contributed by atoms with Gasteiger partial charge in [0.1, 0.15) is 0 Å². The first-order valence-electron chi connectivity index (χ1n) is 5.13. The van der Waals surface area contributed by atoms with Gasteiger partial charge in [-0.15, -0.1) is 0 Å². The monoisotopic (exact) mass is 221 g/mol. The highest BCUT2D eigenvalue weighted by Crippen LogP contribution is 2.17. The summed E-state index contributed by atoms with van der Waals surface area (Å²) in [7, 11) is 0. The average molecular weight is 221 g/mol. The SMILES string of the molecule is Cc1ccc(C(=O)C(C)C(C)C(=O)O)cn1. The van der Waals surface area contributed by atoms with Crippen LogP contribution < -0.4 is 0 Å². The first-order valence-corrected chi connectivity index (χ1v) is 5.13. The molecule has 0 bridgehead atoms. The summed E-state index contributed by atoms with van der Waals surface area (Å²) in [5, 5.41) is 8.82. The number of carboxylic acids is 1. The normalized spacial score (nSPS) is 14.2. The van der Waals surface area contributed by atoms with E-state index in [9.17, 15) is 9.59 Å². The van der Waals surface area contributed by atoms with Gasteiger partial charge in [-0.3, -0.25) is 14.6 Å². The summed E-state index contributed by atoms with van der Waals surface area (Å²) in [6.45, 7) is 4.99. The molecular weight excluding hydrogens is 206 g/mol. The highest BCUT2D eigenvalue weighted by Gasteiger charge is 2.26. The van der Waals surface area contributed by atoms with Crippen LogP contribution in [-0.4, -0.2) is 21.8 Å². The second-order valence-electron chi connectivity index (χ2n) is 3.97. The van der Waals surface area contributed by atoms with Crippen LogP contribution in [0.15, 0.2) is 18.3 Å². The number of nitrogens with zero attached hydrogens (tertiary/aromatic N) is 1. The van der Waals surface area contributed by atoms with Gasteiger partial charge < -0.3 is 5.11 Å². The molecule has 0 amide bonds. The van der Waals surface area contributed by atoms with Crippen LogP contribution in [0.1, 0.15) is 29.9 Å². The maximum atomic E-state index is 11.9. The number of carbonyl (C=O) groups excluding carboxylic acids is 1. The first kappa shape index (κ1) is 12.4. The number of carbonyl (C=O) groups is 2. The lowest BCUT2D eigenvalue weighted by atomic mass is 9.89. The van der Waals surface area contributed by atoms with E-state index in [1.165, 1.54) is 13.1 Å². The molecule has 1 aromatic rings. The Hall–Kier alpha value is -1.71. The molecule has 0 fully saturated rings. The third-order valence-corrected chi connectivity index (χ3v) is 2.75. The van der Waals surface area contributed by atoms with Crippen molar-refractivity contribution in [2.75, 3.05) is 0 Å². The minimum absolute atomic E-state index is 0.178. The van der Waals surface area contributed by atoms with Crippen LogP contribution in [0.25, 0.3) is 0 Å². The van der Waals surface area contributed by atoms with Crippen LogP contribution in [0.3, 0.4) is 0 Å². The lowest BCUT2D eigenvalue weighted by Crippen LogP contribution is -2.25. The number of carboxylic acid groups (broad SMARTS) is 1. The van der Waals surface area contributed by atoms with Crippen LogP contribution in [-0.2, 0) is 4.79 Å². The number of pyridine rings is 1. The van der Waals surface area contributed by atoms with Crippen LogP contribution >= 0.6 is 0 Å².